The first-order chi connectivity index (χ1) is 7.58. The lowest BCUT2D eigenvalue weighted by molar-refractivity contribution is 0.597. The number of rotatable bonds is 3. The molecule has 0 saturated heterocycles. The second-order valence-corrected chi connectivity index (χ2v) is 5.45. The van der Waals surface area contributed by atoms with E-state index in [1.165, 1.54) is 18.5 Å². The summed E-state index contributed by atoms with van der Waals surface area (Å²) in [5, 5.41) is 5.94. The molecule has 2 aromatic rings. The summed E-state index contributed by atoms with van der Waals surface area (Å²) in [6.45, 7) is 0. The fraction of sp³-hybridized carbons (Fsp3) is 0. The van der Waals surface area contributed by atoms with Gasteiger partial charge < -0.3 is 0 Å². The molecule has 84 valence electrons. The van der Waals surface area contributed by atoms with Crippen LogP contribution in [-0.2, 0) is 10.0 Å². The number of sulfonamides is 1. The Morgan fingerprint density at radius 1 is 1.31 bits per heavy atom. The van der Waals surface area contributed by atoms with Gasteiger partial charge in [0.15, 0.2) is 5.03 Å². The number of hydrogen-bond acceptors (Lipinski definition) is 4. The van der Waals surface area contributed by atoms with E-state index in [2.05, 4.69) is 35.8 Å². The van der Waals surface area contributed by atoms with Crippen molar-refractivity contribution in [2.75, 3.05) is 4.72 Å². The standard InChI is InChI=1S/C8H7BrN4O2S/c9-6-1-2-7(10-5-6)13-16(14,15)8-3-4-11-12-8/h1-5H,(H,10,13)(H,11,12). The van der Waals surface area contributed by atoms with Crippen LogP contribution in [0, 0.1) is 0 Å². The maximum absolute atomic E-state index is 11.7. The van der Waals surface area contributed by atoms with Gasteiger partial charge in [-0.1, -0.05) is 0 Å². The first-order valence-electron chi connectivity index (χ1n) is 4.22. The maximum atomic E-state index is 11.7. The number of aromatic nitrogens is 3. The van der Waals surface area contributed by atoms with Gasteiger partial charge >= 0.3 is 0 Å². The fourth-order valence-electron chi connectivity index (χ4n) is 1.02. The summed E-state index contributed by atoms with van der Waals surface area (Å²) < 4.78 is 26.5. The van der Waals surface area contributed by atoms with Crippen LogP contribution in [0.5, 0.6) is 0 Å². The highest BCUT2D eigenvalue weighted by atomic mass is 79.9. The summed E-state index contributed by atoms with van der Waals surface area (Å²) in [6.07, 6.45) is 2.87. The summed E-state index contributed by atoms with van der Waals surface area (Å²) >= 11 is 3.21. The van der Waals surface area contributed by atoms with Gasteiger partial charge in [0.05, 0.1) is 6.20 Å². The Morgan fingerprint density at radius 3 is 2.69 bits per heavy atom. The smallest absolute Gasteiger partial charge is 0.266 e. The van der Waals surface area contributed by atoms with Crippen molar-refractivity contribution in [3.8, 4) is 0 Å². The molecule has 2 aromatic heterocycles. The Morgan fingerprint density at radius 2 is 2.12 bits per heavy atom. The molecule has 0 saturated carbocycles. The third-order valence-electron chi connectivity index (χ3n) is 1.73. The zero-order valence-corrected chi connectivity index (χ0v) is 10.3. The van der Waals surface area contributed by atoms with Crippen LogP contribution in [0.2, 0.25) is 0 Å². The minimum Gasteiger partial charge on any atom is -0.266 e. The number of aromatic amines is 1. The molecular formula is C8H7BrN4O2S. The van der Waals surface area contributed by atoms with Gasteiger partial charge in [-0.15, -0.1) is 0 Å². The van der Waals surface area contributed by atoms with Gasteiger partial charge in [0.2, 0.25) is 0 Å². The normalized spacial score (nSPS) is 11.3. The fourth-order valence-corrected chi connectivity index (χ4v) is 2.18. The van der Waals surface area contributed by atoms with Gasteiger partial charge in [-0.3, -0.25) is 9.82 Å². The van der Waals surface area contributed by atoms with Crippen LogP contribution in [0.1, 0.15) is 0 Å². The lowest BCUT2D eigenvalue weighted by atomic mass is 10.5. The van der Waals surface area contributed by atoms with Crippen molar-refractivity contribution in [3.63, 3.8) is 0 Å². The zero-order chi connectivity index (χ0) is 11.6. The van der Waals surface area contributed by atoms with Crippen LogP contribution in [0.3, 0.4) is 0 Å². The van der Waals surface area contributed by atoms with E-state index in [0.29, 0.717) is 0 Å². The Bertz CT molecular complexity index is 565. The van der Waals surface area contributed by atoms with E-state index in [4.69, 9.17) is 0 Å². The second-order valence-electron chi connectivity index (χ2n) is 2.89. The zero-order valence-electron chi connectivity index (χ0n) is 7.88. The van der Waals surface area contributed by atoms with E-state index in [1.54, 1.807) is 12.1 Å². The van der Waals surface area contributed by atoms with Gasteiger partial charge in [-0.05, 0) is 34.1 Å². The largest absolute Gasteiger partial charge is 0.279 e. The molecule has 0 fully saturated rings. The quantitative estimate of drug-likeness (QED) is 0.896. The molecule has 0 radical (unpaired) electrons. The number of halogens is 1. The number of hydrogen-bond donors (Lipinski definition) is 2. The predicted octanol–water partition coefficient (Wildman–Crippen LogP) is 1.37. The minimum atomic E-state index is -3.63. The number of H-pyrrole nitrogens is 1. The van der Waals surface area contributed by atoms with Crippen LogP contribution >= 0.6 is 15.9 Å². The molecular weight excluding hydrogens is 296 g/mol. The number of pyridine rings is 1. The summed E-state index contributed by atoms with van der Waals surface area (Å²) in [4.78, 5) is 3.90. The first kappa shape index (κ1) is 11.1. The van der Waals surface area contributed by atoms with Gasteiger partial charge in [0.1, 0.15) is 5.82 Å². The molecule has 0 aliphatic carbocycles. The Kier molecular flexibility index (Phi) is 2.92. The molecule has 2 heterocycles. The summed E-state index contributed by atoms with van der Waals surface area (Å²) in [7, 11) is -3.63. The Hall–Kier alpha value is -1.41. The number of anilines is 1. The highest BCUT2D eigenvalue weighted by Gasteiger charge is 2.15. The summed E-state index contributed by atoms with van der Waals surface area (Å²) in [6, 6.07) is 4.61. The number of nitrogens with one attached hydrogen (secondary N) is 2. The van der Waals surface area contributed by atoms with Gasteiger partial charge in [-0.2, -0.15) is 13.5 Å². The lowest BCUT2D eigenvalue weighted by Crippen LogP contribution is -2.14. The maximum Gasteiger partial charge on any atom is 0.279 e. The van der Waals surface area contributed by atoms with E-state index in [0.717, 1.165) is 4.47 Å². The molecule has 0 aliphatic rings. The van der Waals surface area contributed by atoms with Crippen molar-refractivity contribution in [1.29, 1.82) is 0 Å². The van der Waals surface area contributed by atoms with Crippen LogP contribution in [0.25, 0.3) is 0 Å². The van der Waals surface area contributed by atoms with Crippen molar-refractivity contribution in [3.05, 3.63) is 35.1 Å². The summed E-state index contributed by atoms with van der Waals surface area (Å²) in [5.41, 5.74) is 0. The highest BCUT2D eigenvalue weighted by Crippen LogP contribution is 2.14. The van der Waals surface area contributed by atoms with Crippen LogP contribution in [-0.4, -0.2) is 23.6 Å². The molecule has 0 aromatic carbocycles. The summed E-state index contributed by atoms with van der Waals surface area (Å²) in [5.74, 6) is 0.248. The van der Waals surface area contributed by atoms with Gasteiger partial charge in [0, 0.05) is 10.7 Å². The lowest BCUT2D eigenvalue weighted by Gasteiger charge is -2.04. The molecule has 0 spiro atoms. The third kappa shape index (κ3) is 2.39. The van der Waals surface area contributed by atoms with E-state index < -0.39 is 10.0 Å². The molecule has 0 amide bonds. The Labute approximate surface area is 100 Å². The molecule has 8 heteroatoms. The third-order valence-corrected chi connectivity index (χ3v) is 3.48. The molecule has 0 unspecified atom stereocenters. The second kappa shape index (κ2) is 4.22. The molecule has 0 bridgehead atoms. The van der Waals surface area contributed by atoms with E-state index in [1.807, 2.05) is 0 Å². The van der Waals surface area contributed by atoms with E-state index in [-0.39, 0.29) is 10.8 Å². The monoisotopic (exact) mass is 302 g/mol. The van der Waals surface area contributed by atoms with Crippen LogP contribution in [0.4, 0.5) is 5.82 Å². The molecule has 2 N–H and O–H groups in total. The van der Waals surface area contributed by atoms with E-state index >= 15 is 0 Å². The van der Waals surface area contributed by atoms with Crippen molar-refractivity contribution in [2.45, 2.75) is 5.03 Å². The topological polar surface area (TPSA) is 87.7 Å². The van der Waals surface area contributed by atoms with Crippen molar-refractivity contribution >= 4 is 31.8 Å². The molecule has 6 nitrogen and oxygen atoms in total. The minimum absolute atomic E-state index is 0.00258. The van der Waals surface area contributed by atoms with Gasteiger partial charge in [0.25, 0.3) is 10.0 Å². The van der Waals surface area contributed by atoms with Crippen molar-refractivity contribution in [2.24, 2.45) is 0 Å². The van der Waals surface area contributed by atoms with E-state index in [9.17, 15) is 8.42 Å². The SMILES string of the molecule is O=S(=O)(Nc1ccc(Br)cn1)c1ccn[nH]1. The Balaban J connectivity index is 2.25. The first-order valence-corrected chi connectivity index (χ1v) is 6.49. The number of nitrogens with zero attached hydrogens (tertiary/aromatic N) is 2. The van der Waals surface area contributed by atoms with Crippen molar-refractivity contribution < 1.29 is 8.42 Å². The molecule has 16 heavy (non-hydrogen) atoms. The predicted molar refractivity (Wildman–Crippen MR) is 61.3 cm³/mol. The molecule has 0 atom stereocenters. The van der Waals surface area contributed by atoms with Gasteiger partial charge in [-0.25, -0.2) is 4.98 Å². The average Bonchev–Trinajstić information content (AvgIpc) is 2.75. The highest BCUT2D eigenvalue weighted by molar-refractivity contribution is 9.10. The molecule has 0 aliphatic heterocycles. The average molecular weight is 303 g/mol. The van der Waals surface area contributed by atoms with Crippen LogP contribution in [0.15, 0.2) is 40.1 Å². The van der Waals surface area contributed by atoms with Crippen molar-refractivity contribution in [1.82, 2.24) is 15.2 Å². The molecule has 2 rings (SSSR count). The van der Waals surface area contributed by atoms with Crippen LogP contribution < -0.4 is 4.72 Å².